The number of hydrogen-bond donors (Lipinski definition) is 2. The lowest BCUT2D eigenvalue weighted by Gasteiger charge is -2.50. The van der Waals surface area contributed by atoms with E-state index in [1.807, 2.05) is 42.2 Å². The maximum Gasteiger partial charge on any atom is 0.308 e. The Kier molecular flexibility index (Phi) is 13.8. The number of likely N-dealkylation sites (tertiary alicyclic amines) is 3. The highest BCUT2D eigenvalue weighted by Crippen LogP contribution is 2.54. The van der Waals surface area contributed by atoms with Crippen LogP contribution in [-0.4, -0.2) is 116 Å². The molecule has 13 heteroatoms. The maximum atomic E-state index is 14.6. The lowest BCUT2D eigenvalue weighted by atomic mass is 9.70. The number of nitrogens with two attached hydrogens (primary N) is 1. The number of ether oxygens (including phenoxy) is 2. The highest BCUT2D eigenvalue weighted by molar-refractivity contribution is 6.12. The molecule has 1 aliphatic carbocycles. The number of carbonyl (C=O) groups excluding carboxylic acids is 5. The Morgan fingerprint density at radius 1 is 1.02 bits per heavy atom. The first-order valence-corrected chi connectivity index (χ1v) is 20.1. The number of methoxy groups -OCH3 is 1. The third-order valence-corrected chi connectivity index (χ3v) is 12.4. The van der Waals surface area contributed by atoms with E-state index in [4.69, 9.17) is 15.2 Å². The summed E-state index contributed by atoms with van der Waals surface area (Å²) < 4.78 is 11.3. The molecule has 0 radical (unpaired) electrons. The van der Waals surface area contributed by atoms with Gasteiger partial charge in [-0.2, -0.15) is 0 Å². The summed E-state index contributed by atoms with van der Waals surface area (Å²) in [6, 6.07) is 8.69. The van der Waals surface area contributed by atoms with Crippen LogP contribution in [0.3, 0.4) is 0 Å². The van der Waals surface area contributed by atoms with Crippen LogP contribution in [0.15, 0.2) is 47.1 Å². The molecule has 3 aliphatic heterocycles. The summed E-state index contributed by atoms with van der Waals surface area (Å²) in [5.41, 5.74) is 6.42. The molecule has 4 aliphatic rings. The molecule has 3 N–H and O–H groups in total. The van der Waals surface area contributed by atoms with Gasteiger partial charge in [0.05, 0.1) is 37.2 Å². The van der Waals surface area contributed by atoms with Gasteiger partial charge >= 0.3 is 5.97 Å². The molecule has 5 atom stereocenters. The summed E-state index contributed by atoms with van der Waals surface area (Å²) in [4.78, 5) is 78.1. The number of benzene rings is 1. The predicted molar refractivity (Wildman–Crippen MR) is 211 cm³/mol. The van der Waals surface area contributed by atoms with Gasteiger partial charge in [-0.25, -0.2) is 0 Å². The van der Waals surface area contributed by atoms with E-state index in [0.29, 0.717) is 58.1 Å². The number of amides is 4. The Morgan fingerprint density at radius 2 is 1.67 bits per heavy atom. The van der Waals surface area contributed by atoms with Crippen molar-refractivity contribution in [1.29, 1.82) is 0 Å². The van der Waals surface area contributed by atoms with Crippen molar-refractivity contribution in [3.63, 3.8) is 0 Å². The molecule has 0 bridgehead atoms. The van der Waals surface area contributed by atoms with Crippen LogP contribution < -0.4 is 11.1 Å². The van der Waals surface area contributed by atoms with Crippen LogP contribution in [0.4, 0.5) is 0 Å². The Hall–Kier alpha value is -4.26. The maximum absolute atomic E-state index is 14.6. The average Bonchev–Trinajstić information content (AvgIpc) is 3.63. The molecule has 304 valence electrons. The predicted octanol–water partition coefficient (Wildman–Crippen LogP) is 3.81. The number of esters is 1. The molecular weight excluding hydrogens is 700 g/mol. The van der Waals surface area contributed by atoms with Crippen LogP contribution in [0.5, 0.6) is 0 Å². The zero-order chi connectivity index (χ0) is 39.9. The molecule has 1 spiro atoms. The number of nitrogens with one attached hydrogen (secondary N) is 1. The van der Waals surface area contributed by atoms with Gasteiger partial charge in [0.1, 0.15) is 6.04 Å². The van der Waals surface area contributed by atoms with Gasteiger partial charge in [-0.3, -0.25) is 29.0 Å². The van der Waals surface area contributed by atoms with Crippen molar-refractivity contribution in [2.75, 3.05) is 53.0 Å². The first kappa shape index (κ1) is 41.9. The standard InChI is InChI=1S/C42H62N6O7.H2/c1-7-12-29(8-2)24-55-28(3)35(39(52)46-17-15-31(16-18-46)40(53)54-6)45-36(49)34-23-47(25-42(34)26-48(27-42)38(51)33-19-41(33,4)5)37(50)32(20-43)22-44-21-30-13-10-9-11-14-30;/h9-11,13-14,20,22,28-29,31,33-35H,7-8,12,15-19,21,23-27,43H2,1-6H3,(H,45,49);1H/b32-20+,44-22?;/t28-,29?,33-,34+,35+;/m1./s1. The molecule has 13 nitrogen and oxygen atoms in total. The van der Waals surface area contributed by atoms with Gasteiger partial charge in [-0.05, 0) is 49.5 Å². The van der Waals surface area contributed by atoms with E-state index < -0.39 is 23.5 Å². The number of rotatable bonds is 16. The Morgan fingerprint density at radius 3 is 2.25 bits per heavy atom. The summed E-state index contributed by atoms with van der Waals surface area (Å²) in [6.45, 7) is 12.8. The third kappa shape index (κ3) is 9.77. The molecule has 0 aromatic heterocycles. The fourth-order valence-corrected chi connectivity index (χ4v) is 8.50. The van der Waals surface area contributed by atoms with Crippen LogP contribution in [0.2, 0.25) is 0 Å². The van der Waals surface area contributed by atoms with Crippen LogP contribution >= 0.6 is 0 Å². The molecule has 1 unspecified atom stereocenters. The van der Waals surface area contributed by atoms with E-state index in [1.165, 1.54) is 19.5 Å². The fourth-order valence-electron chi connectivity index (χ4n) is 8.50. The van der Waals surface area contributed by atoms with Crippen molar-refractivity contribution in [1.82, 2.24) is 20.0 Å². The van der Waals surface area contributed by atoms with Crippen molar-refractivity contribution in [2.45, 2.75) is 91.8 Å². The van der Waals surface area contributed by atoms with E-state index in [9.17, 15) is 24.0 Å². The second-order valence-corrected chi connectivity index (χ2v) is 16.8. The summed E-state index contributed by atoms with van der Waals surface area (Å²) in [6.07, 6.45) is 6.78. The summed E-state index contributed by atoms with van der Waals surface area (Å²) in [5.74, 6) is -1.87. The second kappa shape index (κ2) is 18.1. The van der Waals surface area contributed by atoms with E-state index in [1.54, 1.807) is 9.80 Å². The largest absolute Gasteiger partial charge is 0.469 e. The van der Waals surface area contributed by atoms with Gasteiger partial charge in [-0.15, -0.1) is 0 Å². The quantitative estimate of drug-likeness (QED) is 0.146. The molecule has 3 heterocycles. The minimum atomic E-state index is -0.988. The molecule has 1 aromatic rings. The van der Waals surface area contributed by atoms with Crippen molar-refractivity contribution in [3.8, 4) is 0 Å². The number of piperidine rings is 1. The van der Waals surface area contributed by atoms with Crippen molar-refractivity contribution < 1.29 is 34.9 Å². The minimum absolute atomic E-state index is 0. The van der Waals surface area contributed by atoms with E-state index >= 15 is 0 Å². The summed E-state index contributed by atoms with van der Waals surface area (Å²) in [7, 11) is 1.37. The molecule has 5 rings (SSSR count). The summed E-state index contributed by atoms with van der Waals surface area (Å²) in [5, 5.41) is 3.09. The van der Waals surface area contributed by atoms with Gasteiger partial charge in [0.25, 0.3) is 5.91 Å². The van der Waals surface area contributed by atoms with Crippen molar-refractivity contribution in [2.24, 2.45) is 45.2 Å². The van der Waals surface area contributed by atoms with Crippen LogP contribution in [0.1, 0.15) is 80.1 Å². The van der Waals surface area contributed by atoms with E-state index in [0.717, 1.165) is 31.2 Å². The molecule has 3 saturated heterocycles. The third-order valence-electron chi connectivity index (χ3n) is 12.4. The lowest BCUT2D eigenvalue weighted by Crippen LogP contribution is -2.65. The Balaban J connectivity index is 0.00000696. The molecule has 1 aromatic carbocycles. The Bertz CT molecular complexity index is 1610. The highest BCUT2D eigenvalue weighted by Gasteiger charge is 2.62. The second-order valence-electron chi connectivity index (χ2n) is 16.8. The van der Waals surface area contributed by atoms with Gasteiger partial charge in [0.2, 0.25) is 17.7 Å². The van der Waals surface area contributed by atoms with E-state index in [-0.39, 0.29) is 66.9 Å². The van der Waals surface area contributed by atoms with Gasteiger partial charge < -0.3 is 35.2 Å². The van der Waals surface area contributed by atoms with Crippen LogP contribution in [0.25, 0.3) is 0 Å². The number of nitrogens with zero attached hydrogens (tertiary/aromatic N) is 4. The van der Waals surface area contributed by atoms with Gasteiger partial charge in [0.15, 0.2) is 0 Å². The molecule has 4 fully saturated rings. The van der Waals surface area contributed by atoms with Crippen LogP contribution in [-0.2, 0) is 40.0 Å². The van der Waals surface area contributed by atoms with E-state index in [2.05, 4.69) is 38.0 Å². The lowest BCUT2D eigenvalue weighted by molar-refractivity contribution is -0.154. The number of aliphatic imine (C=N–C) groups is 1. The first-order chi connectivity index (χ1) is 26.3. The number of carbonyl (C=O) groups is 5. The van der Waals surface area contributed by atoms with Gasteiger partial charge in [0, 0.05) is 71.0 Å². The average molecular weight is 765 g/mol. The Labute approximate surface area is 327 Å². The SMILES string of the molecule is CCCC(CC)CO[C@H](C)[C@H](NC(=O)[C@@H]1CN(C(=O)/C(C=NCc2ccccc2)=C/N)CC12CN(C(=O)[C@H]1CC1(C)C)C2)C(=O)N1CCC(C(=O)OC)CC1.[HH]. The monoisotopic (exact) mass is 764 g/mol. The zero-order valence-corrected chi connectivity index (χ0v) is 33.6. The van der Waals surface area contributed by atoms with Gasteiger partial charge in [-0.1, -0.05) is 70.9 Å². The number of hydrogen-bond acceptors (Lipinski definition) is 9. The smallest absolute Gasteiger partial charge is 0.308 e. The van der Waals surface area contributed by atoms with Crippen molar-refractivity contribution >= 4 is 35.8 Å². The normalized spacial score (nSPS) is 23.6. The topological polar surface area (TPSA) is 164 Å². The molecule has 55 heavy (non-hydrogen) atoms. The summed E-state index contributed by atoms with van der Waals surface area (Å²) >= 11 is 0. The molecule has 1 saturated carbocycles. The molecular formula is C42H64N6O7. The first-order valence-electron chi connectivity index (χ1n) is 20.1. The highest BCUT2D eigenvalue weighted by atomic mass is 16.5. The minimum Gasteiger partial charge on any atom is -0.469 e. The molecule has 4 amide bonds. The zero-order valence-electron chi connectivity index (χ0n) is 33.6. The fraction of sp³-hybridized carbons (Fsp3) is 0.667. The van der Waals surface area contributed by atoms with Crippen LogP contribution in [0, 0.1) is 34.5 Å². The van der Waals surface area contributed by atoms with Crippen molar-refractivity contribution in [3.05, 3.63) is 47.7 Å².